The van der Waals surface area contributed by atoms with Gasteiger partial charge in [-0.3, -0.25) is 10.00 Å². The Hall–Kier alpha value is -0.870. The summed E-state index contributed by atoms with van der Waals surface area (Å²) in [4.78, 5) is 2.63. The highest BCUT2D eigenvalue weighted by atomic mass is 16.5. The van der Waals surface area contributed by atoms with Crippen molar-refractivity contribution in [1.29, 1.82) is 0 Å². The topological polar surface area (TPSA) is 41.2 Å². The maximum absolute atomic E-state index is 5.91. The predicted octanol–water partition coefficient (Wildman–Crippen LogP) is 2.42. The monoisotopic (exact) mass is 249 g/mol. The smallest absolute Gasteiger partial charge is 0.112 e. The number of nitrogens with one attached hydrogen (secondary N) is 1. The Bertz CT molecular complexity index is 384. The zero-order chi connectivity index (χ0) is 12.4. The fourth-order valence-electron chi connectivity index (χ4n) is 3.30. The molecule has 1 aliphatic carbocycles. The molecule has 1 aromatic rings. The van der Waals surface area contributed by atoms with E-state index in [4.69, 9.17) is 4.74 Å². The number of aromatic nitrogens is 2. The fourth-order valence-corrected chi connectivity index (χ4v) is 3.30. The van der Waals surface area contributed by atoms with Crippen LogP contribution in [0.15, 0.2) is 6.20 Å². The SMILES string of the molecule is Cc1cn[nH]c1C1CN(C2CCCCC2)CCO1. The molecule has 1 aromatic heterocycles. The summed E-state index contributed by atoms with van der Waals surface area (Å²) in [5.74, 6) is 0. The molecule has 1 saturated carbocycles. The van der Waals surface area contributed by atoms with Gasteiger partial charge in [0.05, 0.1) is 18.5 Å². The normalized spacial score (nSPS) is 27.5. The van der Waals surface area contributed by atoms with Gasteiger partial charge in [0, 0.05) is 19.1 Å². The molecule has 0 amide bonds. The number of hydrogen-bond donors (Lipinski definition) is 1. The van der Waals surface area contributed by atoms with Crippen molar-refractivity contribution in [2.45, 2.75) is 51.2 Å². The minimum Gasteiger partial charge on any atom is -0.369 e. The first kappa shape index (κ1) is 12.2. The third kappa shape index (κ3) is 2.45. The molecular weight excluding hydrogens is 226 g/mol. The molecule has 1 unspecified atom stereocenters. The molecule has 1 atom stereocenters. The van der Waals surface area contributed by atoms with E-state index in [-0.39, 0.29) is 6.10 Å². The molecule has 2 heterocycles. The van der Waals surface area contributed by atoms with Crippen molar-refractivity contribution >= 4 is 0 Å². The van der Waals surface area contributed by atoms with Crippen molar-refractivity contribution < 1.29 is 4.74 Å². The lowest BCUT2D eigenvalue weighted by atomic mass is 9.93. The zero-order valence-corrected chi connectivity index (χ0v) is 11.2. The van der Waals surface area contributed by atoms with Gasteiger partial charge in [0.2, 0.25) is 0 Å². The minimum atomic E-state index is 0.183. The van der Waals surface area contributed by atoms with E-state index >= 15 is 0 Å². The van der Waals surface area contributed by atoms with E-state index in [1.165, 1.54) is 37.7 Å². The van der Waals surface area contributed by atoms with Crippen LogP contribution in [0.2, 0.25) is 0 Å². The lowest BCUT2D eigenvalue weighted by Gasteiger charge is -2.39. The molecule has 0 aromatic carbocycles. The number of ether oxygens (including phenoxy) is 1. The van der Waals surface area contributed by atoms with Crippen molar-refractivity contribution in [3.8, 4) is 0 Å². The van der Waals surface area contributed by atoms with E-state index in [2.05, 4.69) is 22.0 Å². The summed E-state index contributed by atoms with van der Waals surface area (Å²) in [6, 6.07) is 0.786. The molecule has 4 nitrogen and oxygen atoms in total. The van der Waals surface area contributed by atoms with Gasteiger partial charge in [-0.15, -0.1) is 0 Å². The van der Waals surface area contributed by atoms with Crippen LogP contribution in [0.3, 0.4) is 0 Å². The summed E-state index contributed by atoms with van der Waals surface area (Å²) in [6.45, 7) is 5.06. The largest absolute Gasteiger partial charge is 0.369 e. The summed E-state index contributed by atoms with van der Waals surface area (Å²) in [5.41, 5.74) is 2.38. The molecule has 2 fully saturated rings. The molecule has 0 spiro atoms. The Morgan fingerprint density at radius 3 is 2.89 bits per heavy atom. The van der Waals surface area contributed by atoms with Crippen LogP contribution in [0.4, 0.5) is 0 Å². The number of aryl methyl sites for hydroxylation is 1. The molecule has 0 radical (unpaired) electrons. The summed E-state index contributed by atoms with van der Waals surface area (Å²) in [6.07, 6.45) is 9.03. The lowest BCUT2D eigenvalue weighted by molar-refractivity contribution is -0.0519. The highest BCUT2D eigenvalue weighted by Gasteiger charge is 2.29. The average molecular weight is 249 g/mol. The molecule has 4 heteroatoms. The second-order valence-corrected chi connectivity index (χ2v) is 5.61. The molecule has 1 N–H and O–H groups in total. The van der Waals surface area contributed by atoms with Crippen LogP contribution in [-0.4, -0.2) is 40.8 Å². The van der Waals surface area contributed by atoms with Gasteiger partial charge in [-0.1, -0.05) is 19.3 Å². The number of morpholine rings is 1. The second kappa shape index (κ2) is 5.41. The molecule has 2 aliphatic rings. The first-order valence-corrected chi connectivity index (χ1v) is 7.20. The third-order valence-corrected chi connectivity index (χ3v) is 4.38. The van der Waals surface area contributed by atoms with Gasteiger partial charge in [-0.05, 0) is 25.3 Å². The number of rotatable bonds is 2. The third-order valence-electron chi connectivity index (χ3n) is 4.38. The van der Waals surface area contributed by atoms with Crippen LogP contribution < -0.4 is 0 Å². The van der Waals surface area contributed by atoms with Crippen molar-refractivity contribution in [1.82, 2.24) is 15.1 Å². The quantitative estimate of drug-likeness (QED) is 0.875. The fraction of sp³-hybridized carbons (Fsp3) is 0.786. The van der Waals surface area contributed by atoms with Crippen molar-refractivity contribution in [3.05, 3.63) is 17.5 Å². The molecular formula is C14H23N3O. The van der Waals surface area contributed by atoms with Crippen LogP contribution in [0.5, 0.6) is 0 Å². The zero-order valence-electron chi connectivity index (χ0n) is 11.2. The summed E-state index contributed by atoms with van der Waals surface area (Å²) >= 11 is 0. The second-order valence-electron chi connectivity index (χ2n) is 5.61. The van der Waals surface area contributed by atoms with Gasteiger partial charge < -0.3 is 4.74 Å². The van der Waals surface area contributed by atoms with Crippen molar-refractivity contribution in [2.24, 2.45) is 0 Å². The average Bonchev–Trinajstić information content (AvgIpc) is 2.86. The number of aromatic amines is 1. The Labute approximate surface area is 109 Å². The molecule has 1 aliphatic heterocycles. The highest BCUT2D eigenvalue weighted by molar-refractivity contribution is 5.17. The van der Waals surface area contributed by atoms with E-state index in [9.17, 15) is 0 Å². The van der Waals surface area contributed by atoms with E-state index < -0.39 is 0 Å². The molecule has 100 valence electrons. The van der Waals surface area contributed by atoms with Gasteiger partial charge in [-0.25, -0.2) is 0 Å². The summed E-state index contributed by atoms with van der Waals surface area (Å²) < 4.78 is 5.91. The standard InChI is InChI=1S/C14H23N3O/c1-11-9-15-16-14(11)13-10-17(7-8-18-13)12-5-3-2-4-6-12/h9,12-13H,2-8,10H2,1H3,(H,15,16). The van der Waals surface area contributed by atoms with Crippen LogP contribution in [0, 0.1) is 6.92 Å². The number of hydrogen-bond acceptors (Lipinski definition) is 3. The maximum Gasteiger partial charge on any atom is 0.112 e. The highest BCUT2D eigenvalue weighted by Crippen LogP contribution is 2.28. The van der Waals surface area contributed by atoms with Crippen LogP contribution in [-0.2, 0) is 4.74 Å². The van der Waals surface area contributed by atoms with E-state index in [1.54, 1.807) is 0 Å². The molecule has 0 bridgehead atoms. The molecule has 18 heavy (non-hydrogen) atoms. The van der Waals surface area contributed by atoms with Gasteiger partial charge in [0.1, 0.15) is 6.10 Å². The van der Waals surface area contributed by atoms with Crippen LogP contribution >= 0.6 is 0 Å². The summed E-state index contributed by atoms with van der Waals surface area (Å²) in [7, 11) is 0. The van der Waals surface area contributed by atoms with Crippen molar-refractivity contribution in [3.63, 3.8) is 0 Å². The molecule has 3 rings (SSSR count). The first-order chi connectivity index (χ1) is 8.84. The van der Waals surface area contributed by atoms with Crippen LogP contribution in [0.1, 0.15) is 49.5 Å². The lowest BCUT2D eigenvalue weighted by Crippen LogP contribution is -2.45. The molecule has 1 saturated heterocycles. The summed E-state index contributed by atoms with van der Waals surface area (Å²) in [5, 5.41) is 7.21. The number of nitrogens with zero attached hydrogens (tertiary/aromatic N) is 2. The Morgan fingerprint density at radius 1 is 1.33 bits per heavy atom. The Kier molecular flexibility index (Phi) is 3.66. The number of H-pyrrole nitrogens is 1. The van der Waals surface area contributed by atoms with Gasteiger partial charge in [0.25, 0.3) is 0 Å². The van der Waals surface area contributed by atoms with Gasteiger partial charge in [0.15, 0.2) is 0 Å². The Balaban J connectivity index is 1.66. The van der Waals surface area contributed by atoms with E-state index in [1.807, 2.05) is 6.20 Å². The Morgan fingerprint density at radius 2 is 2.17 bits per heavy atom. The minimum absolute atomic E-state index is 0.183. The van der Waals surface area contributed by atoms with E-state index in [0.29, 0.717) is 0 Å². The van der Waals surface area contributed by atoms with Gasteiger partial charge >= 0.3 is 0 Å². The van der Waals surface area contributed by atoms with E-state index in [0.717, 1.165) is 31.4 Å². The predicted molar refractivity (Wildman–Crippen MR) is 70.5 cm³/mol. The first-order valence-electron chi connectivity index (χ1n) is 7.20. The van der Waals surface area contributed by atoms with Gasteiger partial charge in [-0.2, -0.15) is 5.10 Å². The van der Waals surface area contributed by atoms with Crippen LogP contribution in [0.25, 0.3) is 0 Å². The van der Waals surface area contributed by atoms with Crippen molar-refractivity contribution in [2.75, 3.05) is 19.7 Å². The maximum atomic E-state index is 5.91.